The molecule has 116 valence electrons. The predicted molar refractivity (Wildman–Crippen MR) is 88.5 cm³/mol. The second-order valence-corrected chi connectivity index (χ2v) is 6.80. The van der Waals surface area contributed by atoms with Crippen molar-refractivity contribution in [2.75, 3.05) is 0 Å². The molecular formula is C19H23NO2. The average Bonchev–Trinajstić information content (AvgIpc) is 2.93. The zero-order valence-electron chi connectivity index (χ0n) is 13.2. The van der Waals surface area contributed by atoms with E-state index in [1.165, 1.54) is 10.8 Å². The van der Waals surface area contributed by atoms with Crippen LogP contribution in [-0.4, -0.2) is 17.1 Å². The van der Waals surface area contributed by atoms with Crippen molar-refractivity contribution in [3.63, 3.8) is 0 Å². The predicted octanol–water partition coefficient (Wildman–Crippen LogP) is 3.35. The van der Waals surface area contributed by atoms with Crippen LogP contribution in [0.15, 0.2) is 42.5 Å². The highest BCUT2D eigenvalue weighted by molar-refractivity contribution is 5.87. The van der Waals surface area contributed by atoms with Crippen LogP contribution in [0.1, 0.15) is 38.7 Å². The molecule has 0 bridgehead atoms. The lowest BCUT2D eigenvalue weighted by Gasteiger charge is -2.29. The maximum absolute atomic E-state index is 12.5. The van der Waals surface area contributed by atoms with Gasteiger partial charge < -0.3 is 10.4 Å². The van der Waals surface area contributed by atoms with E-state index in [9.17, 15) is 9.90 Å². The van der Waals surface area contributed by atoms with Crippen molar-refractivity contribution in [2.24, 2.45) is 5.92 Å². The van der Waals surface area contributed by atoms with Gasteiger partial charge in [0.05, 0.1) is 11.6 Å². The number of hydrogen-bond donors (Lipinski definition) is 2. The third-order valence-corrected chi connectivity index (χ3v) is 4.67. The SMILES string of the molecule is CC(C)(NC(=O)[C@H]1CC[C@@H](O)C1)c1cccc2ccccc12. The summed E-state index contributed by atoms with van der Waals surface area (Å²) in [5.74, 6) is -0.0151. The summed E-state index contributed by atoms with van der Waals surface area (Å²) in [6.45, 7) is 4.08. The molecule has 0 radical (unpaired) electrons. The topological polar surface area (TPSA) is 49.3 Å². The van der Waals surface area contributed by atoms with Gasteiger partial charge in [-0.2, -0.15) is 0 Å². The van der Waals surface area contributed by atoms with Gasteiger partial charge in [0.25, 0.3) is 0 Å². The normalized spacial score (nSPS) is 22.0. The van der Waals surface area contributed by atoms with Crippen molar-refractivity contribution in [3.05, 3.63) is 48.0 Å². The van der Waals surface area contributed by atoms with Crippen LogP contribution < -0.4 is 5.32 Å². The summed E-state index contributed by atoms with van der Waals surface area (Å²) in [6.07, 6.45) is 1.76. The Kier molecular flexibility index (Phi) is 3.92. The van der Waals surface area contributed by atoms with Crippen LogP contribution >= 0.6 is 0 Å². The highest BCUT2D eigenvalue weighted by Crippen LogP contribution is 2.31. The van der Waals surface area contributed by atoms with Gasteiger partial charge in [-0.1, -0.05) is 42.5 Å². The number of carbonyl (C=O) groups excluding carboxylic acids is 1. The van der Waals surface area contributed by atoms with Gasteiger partial charge in [-0.3, -0.25) is 4.79 Å². The van der Waals surface area contributed by atoms with E-state index in [1.54, 1.807) is 0 Å². The number of benzene rings is 2. The van der Waals surface area contributed by atoms with Crippen LogP contribution in [0.3, 0.4) is 0 Å². The third-order valence-electron chi connectivity index (χ3n) is 4.67. The minimum absolute atomic E-state index is 0.0504. The molecule has 0 aromatic heterocycles. The molecule has 0 spiro atoms. The van der Waals surface area contributed by atoms with E-state index in [0.717, 1.165) is 18.4 Å². The Bertz CT molecular complexity index is 687. The monoisotopic (exact) mass is 297 g/mol. The molecule has 3 nitrogen and oxygen atoms in total. The molecule has 2 atom stereocenters. The summed E-state index contributed by atoms with van der Waals surface area (Å²) in [7, 11) is 0. The molecule has 3 rings (SSSR count). The fourth-order valence-electron chi connectivity index (χ4n) is 3.44. The fraction of sp³-hybridized carbons (Fsp3) is 0.421. The summed E-state index contributed by atoms with van der Waals surface area (Å²) in [6, 6.07) is 14.4. The molecule has 22 heavy (non-hydrogen) atoms. The highest BCUT2D eigenvalue weighted by atomic mass is 16.3. The molecular weight excluding hydrogens is 274 g/mol. The van der Waals surface area contributed by atoms with E-state index in [0.29, 0.717) is 6.42 Å². The molecule has 2 N–H and O–H groups in total. The van der Waals surface area contributed by atoms with E-state index in [-0.39, 0.29) is 17.9 Å². The van der Waals surface area contributed by atoms with Gasteiger partial charge in [-0.15, -0.1) is 0 Å². The first kappa shape index (κ1) is 15.0. The maximum Gasteiger partial charge on any atom is 0.223 e. The minimum Gasteiger partial charge on any atom is -0.393 e. The molecule has 0 saturated heterocycles. The lowest BCUT2D eigenvalue weighted by atomic mass is 9.88. The van der Waals surface area contributed by atoms with Crippen molar-refractivity contribution in [1.29, 1.82) is 0 Å². The second-order valence-electron chi connectivity index (χ2n) is 6.80. The Hall–Kier alpha value is -1.87. The van der Waals surface area contributed by atoms with Crippen molar-refractivity contribution < 1.29 is 9.90 Å². The first-order chi connectivity index (χ1) is 10.5. The zero-order chi connectivity index (χ0) is 15.7. The van der Waals surface area contributed by atoms with E-state index in [2.05, 4.69) is 29.6 Å². The lowest BCUT2D eigenvalue weighted by Crippen LogP contribution is -2.43. The van der Waals surface area contributed by atoms with Gasteiger partial charge in [-0.25, -0.2) is 0 Å². The van der Waals surface area contributed by atoms with Gasteiger partial charge in [0.1, 0.15) is 0 Å². The molecule has 0 aliphatic heterocycles. The minimum atomic E-state index is -0.439. The smallest absolute Gasteiger partial charge is 0.223 e. The van der Waals surface area contributed by atoms with Crippen molar-refractivity contribution in [3.8, 4) is 0 Å². The Balaban J connectivity index is 1.87. The van der Waals surface area contributed by atoms with Crippen LogP contribution in [-0.2, 0) is 10.3 Å². The fourth-order valence-corrected chi connectivity index (χ4v) is 3.44. The Morgan fingerprint density at radius 1 is 1.14 bits per heavy atom. The number of rotatable bonds is 3. The highest BCUT2D eigenvalue weighted by Gasteiger charge is 2.32. The zero-order valence-corrected chi connectivity index (χ0v) is 13.2. The van der Waals surface area contributed by atoms with E-state index < -0.39 is 5.54 Å². The van der Waals surface area contributed by atoms with Crippen LogP contribution in [0.2, 0.25) is 0 Å². The number of nitrogens with one attached hydrogen (secondary N) is 1. The molecule has 1 saturated carbocycles. The number of aliphatic hydroxyl groups is 1. The van der Waals surface area contributed by atoms with Gasteiger partial charge in [0.15, 0.2) is 0 Å². The van der Waals surface area contributed by atoms with Gasteiger partial charge in [-0.05, 0) is 49.4 Å². The molecule has 1 fully saturated rings. The second kappa shape index (κ2) is 5.73. The van der Waals surface area contributed by atoms with Crippen LogP contribution in [0.25, 0.3) is 10.8 Å². The first-order valence-corrected chi connectivity index (χ1v) is 7.96. The Morgan fingerprint density at radius 3 is 2.59 bits per heavy atom. The average molecular weight is 297 g/mol. The first-order valence-electron chi connectivity index (χ1n) is 7.96. The number of aliphatic hydroxyl groups excluding tert-OH is 1. The summed E-state index contributed by atoms with van der Waals surface area (Å²) < 4.78 is 0. The van der Waals surface area contributed by atoms with Crippen LogP contribution in [0.5, 0.6) is 0 Å². The molecule has 0 unspecified atom stereocenters. The van der Waals surface area contributed by atoms with E-state index in [4.69, 9.17) is 0 Å². The number of carbonyl (C=O) groups is 1. The molecule has 2 aromatic carbocycles. The Labute approximate surface area is 131 Å². The summed E-state index contributed by atoms with van der Waals surface area (Å²) in [5.41, 5.74) is 0.684. The number of fused-ring (bicyclic) bond motifs is 1. The van der Waals surface area contributed by atoms with Gasteiger partial charge in [0.2, 0.25) is 5.91 Å². The number of amides is 1. The lowest BCUT2D eigenvalue weighted by molar-refractivity contribution is -0.126. The van der Waals surface area contributed by atoms with Gasteiger partial charge >= 0.3 is 0 Å². The quantitative estimate of drug-likeness (QED) is 0.912. The molecule has 1 aliphatic carbocycles. The van der Waals surface area contributed by atoms with Crippen LogP contribution in [0.4, 0.5) is 0 Å². The molecule has 3 heteroatoms. The maximum atomic E-state index is 12.5. The molecule has 2 aromatic rings. The molecule has 0 heterocycles. The third kappa shape index (κ3) is 2.86. The van der Waals surface area contributed by atoms with Crippen molar-refractivity contribution in [1.82, 2.24) is 5.32 Å². The van der Waals surface area contributed by atoms with Crippen molar-refractivity contribution in [2.45, 2.75) is 44.8 Å². The van der Waals surface area contributed by atoms with E-state index >= 15 is 0 Å². The van der Waals surface area contributed by atoms with Crippen molar-refractivity contribution >= 4 is 16.7 Å². The van der Waals surface area contributed by atoms with Gasteiger partial charge in [0, 0.05) is 5.92 Å². The Morgan fingerprint density at radius 2 is 1.86 bits per heavy atom. The summed E-state index contributed by atoms with van der Waals surface area (Å²) in [4.78, 5) is 12.5. The standard InChI is InChI=1S/C19H23NO2/c1-19(2,20-18(22)14-10-11-15(21)12-14)17-9-5-7-13-6-3-4-8-16(13)17/h3-9,14-15,21H,10-12H2,1-2H3,(H,20,22)/t14-,15+/m0/s1. The molecule has 1 amide bonds. The summed E-state index contributed by atoms with van der Waals surface area (Å²) >= 11 is 0. The summed E-state index contributed by atoms with van der Waals surface area (Å²) in [5, 5.41) is 15.1. The largest absolute Gasteiger partial charge is 0.393 e. The van der Waals surface area contributed by atoms with E-state index in [1.807, 2.05) is 32.0 Å². The van der Waals surface area contributed by atoms with Crippen LogP contribution in [0, 0.1) is 5.92 Å². The number of hydrogen-bond acceptors (Lipinski definition) is 2. The molecule has 1 aliphatic rings.